The molecule has 0 aliphatic heterocycles. The van der Waals surface area contributed by atoms with Crippen molar-refractivity contribution in [2.24, 2.45) is 4.99 Å². The Morgan fingerprint density at radius 2 is 1.75 bits per heavy atom. The van der Waals surface area contributed by atoms with Crippen LogP contribution in [0.4, 0.5) is 0 Å². The molecule has 0 radical (unpaired) electrons. The molecular weight excluding hydrogens is 244 g/mol. The van der Waals surface area contributed by atoms with E-state index in [4.69, 9.17) is 4.99 Å². The molecule has 0 saturated heterocycles. The van der Waals surface area contributed by atoms with E-state index in [1.54, 1.807) is 0 Å². The highest BCUT2D eigenvalue weighted by molar-refractivity contribution is 5.81. The summed E-state index contributed by atoms with van der Waals surface area (Å²) in [7, 11) is 0. The summed E-state index contributed by atoms with van der Waals surface area (Å²) in [6, 6.07) is 10.8. The highest BCUT2D eigenvalue weighted by atomic mass is 15.0. The summed E-state index contributed by atoms with van der Waals surface area (Å²) in [5, 5.41) is 3.33. The third-order valence-electron chi connectivity index (χ3n) is 3.24. The zero-order valence-electron chi connectivity index (χ0n) is 13.2. The molecule has 1 aromatic carbocycles. The Kier molecular flexibility index (Phi) is 7.71. The van der Waals surface area contributed by atoms with E-state index in [1.807, 2.05) is 13.0 Å². The predicted molar refractivity (Wildman–Crippen MR) is 89.1 cm³/mol. The van der Waals surface area contributed by atoms with E-state index in [1.165, 1.54) is 18.4 Å². The van der Waals surface area contributed by atoms with E-state index in [2.05, 4.69) is 50.0 Å². The Morgan fingerprint density at radius 3 is 2.30 bits per heavy atom. The highest BCUT2D eigenvalue weighted by Crippen LogP contribution is 2.10. The highest BCUT2D eigenvalue weighted by Gasteiger charge is 2.05. The first-order valence-electron chi connectivity index (χ1n) is 7.68. The maximum atomic E-state index is 4.78. The van der Waals surface area contributed by atoms with Crippen LogP contribution in [-0.4, -0.2) is 11.9 Å². The molecular formula is C18H28N2. The van der Waals surface area contributed by atoms with Crippen LogP contribution in [0.3, 0.4) is 0 Å². The standard InChI is InChI=1S/C18H28N2/c1-5-10-18(11-6-2)20-16(4)19-15(3)14-17-12-8-7-9-13-17/h7-9,12-13,18H,3,5-6,10-11,14H2,1-2,4H3,(H,19,20). The molecule has 0 aliphatic rings. The summed E-state index contributed by atoms with van der Waals surface area (Å²) in [5.74, 6) is 0.984. The molecule has 0 atom stereocenters. The normalized spacial score (nSPS) is 11.7. The molecule has 0 aromatic heterocycles. The van der Waals surface area contributed by atoms with Crippen molar-refractivity contribution >= 4 is 5.84 Å². The summed E-state index contributed by atoms with van der Waals surface area (Å²) in [5.41, 5.74) is 2.28. The number of rotatable bonds is 8. The molecule has 0 saturated carbocycles. The van der Waals surface area contributed by atoms with Gasteiger partial charge in [0.2, 0.25) is 0 Å². The fraction of sp³-hybridized carbons (Fsp3) is 0.500. The zero-order chi connectivity index (χ0) is 14.8. The van der Waals surface area contributed by atoms with Crippen LogP contribution in [0.25, 0.3) is 0 Å². The molecule has 2 nitrogen and oxygen atoms in total. The smallest absolute Gasteiger partial charge is 0.0976 e. The number of benzene rings is 1. The molecule has 110 valence electrons. The summed E-state index contributed by atoms with van der Waals surface area (Å²) >= 11 is 0. The molecule has 0 spiro atoms. The number of nitrogens with zero attached hydrogens (tertiary/aromatic N) is 1. The summed E-state index contributed by atoms with van der Waals surface area (Å²) in [4.78, 5) is 4.78. The molecule has 0 unspecified atom stereocenters. The van der Waals surface area contributed by atoms with Crippen LogP contribution in [0.2, 0.25) is 0 Å². The maximum absolute atomic E-state index is 4.78. The Bertz CT molecular complexity index is 414. The quantitative estimate of drug-likeness (QED) is 0.537. The lowest BCUT2D eigenvalue weighted by Crippen LogP contribution is -2.22. The van der Waals surface area contributed by atoms with Crippen molar-refractivity contribution in [2.75, 3.05) is 0 Å². The van der Waals surface area contributed by atoms with Gasteiger partial charge in [-0.15, -0.1) is 0 Å². The van der Waals surface area contributed by atoms with Crippen molar-refractivity contribution in [1.29, 1.82) is 0 Å². The van der Waals surface area contributed by atoms with Gasteiger partial charge in [-0.25, -0.2) is 0 Å². The Labute approximate surface area is 124 Å². The van der Waals surface area contributed by atoms with Crippen molar-refractivity contribution in [1.82, 2.24) is 5.32 Å². The second-order valence-corrected chi connectivity index (χ2v) is 5.34. The van der Waals surface area contributed by atoms with E-state index in [9.17, 15) is 0 Å². The first-order chi connectivity index (χ1) is 9.65. The van der Waals surface area contributed by atoms with E-state index >= 15 is 0 Å². The second kappa shape index (κ2) is 9.35. The molecule has 0 fully saturated rings. The fourth-order valence-electron chi connectivity index (χ4n) is 2.39. The monoisotopic (exact) mass is 272 g/mol. The third-order valence-corrected chi connectivity index (χ3v) is 3.24. The lowest BCUT2D eigenvalue weighted by atomic mass is 10.1. The SMILES string of the molecule is C=C(Cc1ccccc1)NC(C)=NC(CCC)CCC. The minimum Gasteiger partial charge on any atom is -0.348 e. The molecule has 1 aromatic rings. The summed E-state index contributed by atoms with van der Waals surface area (Å²) < 4.78 is 0. The topological polar surface area (TPSA) is 24.4 Å². The minimum absolute atomic E-state index is 0.446. The van der Waals surface area contributed by atoms with E-state index in [0.717, 1.165) is 30.8 Å². The molecule has 1 rings (SSSR count). The molecule has 1 N–H and O–H groups in total. The number of amidine groups is 1. The van der Waals surface area contributed by atoms with Crippen LogP contribution < -0.4 is 5.32 Å². The summed E-state index contributed by atoms with van der Waals surface area (Å²) in [6.45, 7) is 10.6. The van der Waals surface area contributed by atoms with Crippen molar-refractivity contribution < 1.29 is 0 Å². The molecule has 0 amide bonds. The van der Waals surface area contributed by atoms with Gasteiger partial charge in [0.15, 0.2) is 0 Å². The van der Waals surface area contributed by atoms with Crippen LogP contribution in [0.1, 0.15) is 52.0 Å². The number of allylic oxidation sites excluding steroid dienone is 1. The van der Waals surface area contributed by atoms with Gasteiger partial charge < -0.3 is 5.32 Å². The predicted octanol–water partition coefficient (Wildman–Crippen LogP) is 4.72. The molecule has 20 heavy (non-hydrogen) atoms. The number of hydrogen-bond acceptors (Lipinski definition) is 1. The third kappa shape index (κ3) is 6.55. The van der Waals surface area contributed by atoms with Gasteiger partial charge in [-0.3, -0.25) is 4.99 Å². The number of nitrogens with one attached hydrogen (secondary N) is 1. The Balaban J connectivity index is 2.51. The Hall–Kier alpha value is -1.57. The minimum atomic E-state index is 0.446. The van der Waals surface area contributed by atoms with Gasteiger partial charge in [-0.1, -0.05) is 63.6 Å². The Morgan fingerprint density at radius 1 is 1.15 bits per heavy atom. The molecule has 2 heteroatoms. The van der Waals surface area contributed by atoms with Crippen LogP contribution in [0.5, 0.6) is 0 Å². The van der Waals surface area contributed by atoms with Gasteiger partial charge in [0.1, 0.15) is 0 Å². The average Bonchev–Trinajstić information content (AvgIpc) is 2.40. The first kappa shape index (κ1) is 16.5. The average molecular weight is 272 g/mol. The van der Waals surface area contributed by atoms with Crippen molar-refractivity contribution in [3.63, 3.8) is 0 Å². The number of hydrogen-bond donors (Lipinski definition) is 1. The lowest BCUT2D eigenvalue weighted by molar-refractivity contribution is 0.554. The van der Waals surface area contributed by atoms with Gasteiger partial charge in [0.25, 0.3) is 0 Å². The van der Waals surface area contributed by atoms with E-state index in [-0.39, 0.29) is 0 Å². The number of aliphatic imine (C=N–C) groups is 1. The maximum Gasteiger partial charge on any atom is 0.0976 e. The molecule has 0 heterocycles. The van der Waals surface area contributed by atoms with E-state index < -0.39 is 0 Å². The van der Waals surface area contributed by atoms with Crippen LogP contribution in [-0.2, 0) is 6.42 Å². The van der Waals surface area contributed by atoms with Crippen LogP contribution in [0.15, 0.2) is 47.6 Å². The van der Waals surface area contributed by atoms with Crippen LogP contribution in [0, 0.1) is 0 Å². The lowest BCUT2D eigenvalue weighted by Gasteiger charge is -2.14. The van der Waals surface area contributed by atoms with Gasteiger partial charge in [0.05, 0.1) is 11.9 Å². The van der Waals surface area contributed by atoms with E-state index in [0.29, 0.717) is 6.04 Å². The van der Waals surface area contributed by atoms with Gasteiger partial charge in [-0.2, -0.15) is 0 Å². The van der Waals surface area contributed by atoms with Gasteiger partial charge >= 0.3 is 0 Å². The van der Waals surface area contributed by atoms with Crippen molar-refractivity contribution in [2.45, 2.75) is 58.9 Å². The van der Waals surface area contributed by atoms with Crippen molar-refractivity contribution in [3.05, 3.63) is 48.2 Å². The van der Waals surface area contributed by atoms with Gasteiger partial charge in [0, 0.05) is 12.1 Å². The second-order valence-electron chi connectivity index (χ2n) is 5.34. The van der Waals surface area contributed by atoms with Gasteiger partial charge in [-0.05, 0) is 25.3 Å². The first-order valence-corrected chi connectivity index (χ1v) is 7.68. The van der Waals surface area contributed by atoms with Crippen LogP contribution >= 0.6 is 0 Å². The fourth-order valence-corrected chi connectivity index (χ4v) is 2.39. The zero-order valence-corrected chi connectivity index (χ0v) is 13.2. The molecule has 0 bridgehead atoms. The summed E-state index contributed by atoms with van der Waals surface area (Å²) in [6.07, 6.45) is 5.55. The largest absolute Gasteiger partial charge is 0.348 e. The van der Waals surface area contributed by atoms with Crippen molar-refractivity contribution in [3.8, 4) is 0 Å². The molecule has 0 aliphatic carbocycles.